The zero-order chi connectivity index (χ0) is 13.8. The molecule has 0 fully saturated rings. The van der Waals surface area contributed by atoms with Crippen LogP contribution < -0.4 is 10.6 Å². The number of benzene rings is 1. The van der Waals surface area contributed by atoms with E-state index >= 15 is 0 Å². The summed E-state index contributed by atoms with van der Waals surface area (Å²) in [4.78, 5) is 11.8. The molecule has 18 heavy (non-hydrogen) atoms. The third-order valence-electron chi connectivity index (χ3n) is 3.01. The average Bonchev–Trinajstić information content (AvgIpc) is 2.26. The van der Waals surface area contributed by atoms with Crippen LogP contribution >= 0.6 is 0 Å². The Labute approximate surface area is 110 Å². The van der Waals surface area contributed by atoms with Gasteiger partial charge in [0.25, 0.3) is 0 Å². The Kier molecular flexibility index (Phi) is 4.91. The largest absolute Gasteiger partial charge is 0.348 e. The van der Waals surface area contributed by atoms with E-state index in [0.29, 0.717) is 6.54 Å². The van der Waals surface area contributed by atoms with Crippen molar-refractivity contribution in [1.29, 1.82) is 0 Å². The van der Waals surface area contributed by atoms with Gasteiger partial charge in [0.05, 0.1) is 12.6 Å². The number of nitrogens with one attached hydrogen (secondary N) is 2. The molecule has 1 atom stereocenters. The van der Waals surface area contributed by atoms with Crippen LogP contribution in [0.1, 0.15) is 37.9 Å². The Balaban J connectivity index is 3.00. The van der Waals surface area contributed by atoms with Gasteiger partial charge < -0.3 is 10.6 Å². The maximum Gasteiger partial charge on any atom is 0.234 e. The lowest BCUT2D eigenvalue weighted by atomic mass is 9.81. The fourth-order valence-electron chi connectivity index (χ4n) is 2.04. The molecule has 0 aliphatic heterocycles. The minimum Gasteiger partial charge on any atom is -0.348 e. The SMILES string of the molecule is CNCC(=O)NC(c1ccccc1C)C(C)(C)C. The molecular formula is C15H24N2O. The Morgan fingerprint density at radius 2 is 1.89 bits per heavy atom. The summed E-state index contributed by atoms with van der Waals surface area (Å²) in [6.45, 7) is 8.86. The summed E-state index contributed by atoms with van der Waals surface area (Å²) in [7, 11) is 1.78. The van der Waals surface area contributed by atoms with Gasteiger partial charge in [0.15, 0.2) is 0 Å². The maximum absolute atomic E-state index is 11.8. The normalized spacial score (nSPS) is 13.2. The number of carbonyl (C=O) groups excluding carboxylic acids is 1. The molecule has 1 amide bonds. The first-order chi connectivity index (χ1) is 8.36. The van der Waals surface area contributed by atoms with Gasteiger partial charge in [-0.1, -0.05) is 45.0 Å². The van der Waals surface area contributed by atoms with Gasteiger partial charge in [0.1, 0.15) is 0 Å². The second-order valence-corrected chi connectivity index (χ2v) is 5.75. The summed E-state index contributed by atoms with van der Waals surface area (Å²) in [5, 5.41) is 5.99. The molecule has 1 aromatic rings. The number of hydrogen-bond acceptors (Lipinski definition) is 2. The zero-order valence-electron chi connectivity index (χ0n) is 12.0. The second-order valence-electron chi connectivity index (χ2n) is 5.75. The highest BCUT2D eigenvalue weighted by molar-refractivity contribution is 5.78. The van der Waals surface area contributed by atoms with E-state index in [9.17, 15) is 4.79 Å². The predicted molar refractivity (Wildman–Crippen MR) is 75.4 cm³/mol. The van der Waals surface area contributed by atoms with Gasteiger partial charge in [-0.3, -0.25) is 4.79 Å². The van der Waals surface area contributed by atoms with E-state index in [1.807, 2.05) is 12.1 Å². The highest BCUT2D eigenvalue weighted by atomic mass is 16.1. The Hall–Kier alpha value is -1.35. The van der Waals surface area contributed by atoms with Gasteiger partial charge in [-0.25, -0.2) is 0 Å². The summed E-state index contributed by atoms with van der Waals surface area (Å²) in [5.74, 6) is 0.0284. The first kappa shape index (κ1) is 14.7. The van der Waals surface area contributed by atoms with E-state index < -0.39 is 0 Å². The number of hydrogen-bond donors (Lipinski definition) is 2. The van der Waals surface area contributed by atoms with Crippen molar-refractivity contribution in [1.82, 2.24) is 10.6 Å². The molecule has 1 aromatic carbocycles. The lowest BCUT2D eigenvalue weighted by Crippen LogP contribution is -2.40. The van der Waals surface area contributed by atoms with Crippen molar-refractivity contribution in [3.05, 3.63) is 35.4 Å². The van der Waals surface area contributed by atoms with Crippen molar-refractivity contribution in [2.75, 3.05) is 13.6 Å². The summed E-state index contributed by atoms with van der Waals surface area (Å²) < 4.78 is 0. The van der Waals surface area contributed by atoms with Gasteiger partial charge in [0, 0.05) is 0 Å². The molecule has 0 radical (unpaired) electrons. The van der Waals surface area contributed by atoms with E-state index in [2.05, 4.69) is 50.5 Å². The number of amides is 1. The van der Waals surface area contributed by atoms with Crippen molar-refractivity contribution >= 4 is 5.91 Å². The summed E-state index contributed by atoms with van der Waals surface area (Å²) in [6, 6.07) is 8.24. The fourth-order valence-corrected chi connectivity index (χ4v) is 2.04. The molecule has 1 unspecified atom stereocenters. The van der Waals surface area contributed by atoms with E-state index in [0.717, 1.165) is 0 Å². The third-order valence-corrected chi connectivity index (χ3v) is 3.01. The van der Waals surface area contributed by atoms with Crippen LogP contribution in [0.15, 0.2) is 24.3 Å². The molecular weight excluding hydrogens is 224 g/mol. The van der Waals surface area contributed by atoms with Crippen LogP contribution in [-0.4, -0.2) is 19.5 Å². The van der Waals surface area contributed by atoms with Gasteiger partial charge in [0.2, 0.25) is 5.91 Å². The van der Waals surface area contributed by atoms with Crippen LogP contribution in [0.5, 0.6) is 0 Å². The van der Waals surface area contributed by atoms with Gasteiger partial charge in [-0.2, -0.15) is 0 Å². The lowest BCUT2D eigenvalue weighted by Gasteiger charge is -2.33. The van der Waals surface area contributed by atoms with Crippen molar-refractivity contribution in [3.8, 4) is 0 Å². The second kappa shape index (κ2) is 6.01. The fraction of sp³-hybridized carbons (Fsp3) is 0.533. The highest BCUT2D eigenvalue weighted by Gasteiger charge is 2.28. The molecule has 0 saturated heterocycles. The van der Waals surface area contributed by atoms with Crippen molar-refractivity contribution in [2.24, 2.45) is 5.41 Å². The topological polar surface area (TPSA) is 41.1 Å². The van der Waals surface area contributed by atoms with Crippen molar-refractivity contribution in [3.63, 3.8) is 0 Å². The van der Waals surface area contributed by atoms with Crippen LogP contribution in [0.2, 0.25) is 0 Å². The highest BCUT2D eigenvalue weighted by Crippen LogP contribution is 2.34. The molecule has 0 saturated carbocycles. The van der Waals surface area contributed by atoms with E-state index in [1.165, 1.54) is 11.1 Å². The first-order valence-corrected chi connectivity index (χ1v) is 6.35. The quantitative estimate of drug-likeness (QED) is 0.859. The molecule has 0 aromatic heterocycles. The predicted octanol–water partition coefficient (Wildman–Crippen LogP) is 2.42. The van der Waals surface area contributed by atoms with Crippen molar-refractivity contribution < 1.29 is 4.79 Å². The van der Waals surface area contributed by atoms with Gasteiger partial charge in [-0.15, -0.1) is 0 Å². The smallest absolute Gasteiger partial charge is 0.234 e. The van der Waals surface area contributed by atoms with E-state index in [1.54, 1.807) is 7.05 Å². The first-order valence-electron chi connectivity index (χ1n) is 6.35. The third kappa shape index (κ3) is 3.84. The molecule has 100 valence electrons. The lowest BCUT2D eigenvalue weighted by molar-refractivity contribution is -0.121. The van der Waals surface area contributed by atoms with E-state index in [4.69, 9.17) is 0 Å². The zero-order valence-corrected chi connectivity index (χ0v) is 12.0. The number of likely N-dealkylation sites (N-methyl/N-ethyl adjacent to an activating group) is 1. The van der Waals surface area contributed by atoms with Crippen LogP contribution in [0.4, 0.5) is 0 Å². The van der Waals surface area contributed by atoms with Crippen molar-refractivity contribution in [2.45, 2.75) is 33.7 Å². The standard InChI is InChI=1S/C15H24N2O/c1-11-8-6-7-9-12(11)14(15(2,3)4)17-13(18)10-16-5/h6-9,14,16H,10H2,1-5H3,(H,17,18). The maximum atomic E-state index is 11.8. The molecule has 3 nitrogen and oxygen atoms in total. The van der Waals surface area contributed by atoms with Crippen LogP contribution in [0, 0.1) is 12.3 Å². The number of carbonyl (C=O) groups is 1. The molecule has 0 aliphatic rings. The molecule has 3 heteroatoms. The van der Waals surface area contributed by atoms with Gasteiger partial charge >= 0.3 is 0 Å². The molecule has 2 N–H and O–H groups in total. The Morgan fingerprint density at radius 3 is 2.39 bits per heavy atom. The summed E-state index contributed by atoms with van der Waals surface area (Å²) in [6.07, 6.45) is 0. The molecule has 0 aliphatic carbocycles. The molecule has 0 heterocycles. The van der Waals surface area contributed by atoms with Crippen LogP contribution in [0.25, 0.3) is 0 Å². The average molecular weight is 248 g/mol. The molecule has 0 spiro atoms. The monoisotopic (exact) mass is 248 g/mol. The number of rotatable bonds is 4. The van der Waals surface area contributed by atoms with Gasteiger partial charge in [-0.05, 0) is 30.5 Å². The van der Waals surface area contributed by atoms with E-state index in [-0.39, 0.29) is 17.4 Å². The molecule has 0 bridgehead atoms. The molecule has 1 rings (SSSR count). The Bertz CT molecular complexity index is 407. The minimum absolute atomic E-state index is 0.0183. The summed E-state index contributed by atoms with van der Waals surface area (Å²) in [5.41, 5.74) is 2.38. The van der Waals surface area contributed by atoms with Crippen LogP contribution in [0.3, 0.4) is 0 Å². The Morgan fingerprint density at radius 1 is 1.28 bits per heavy atom. The summed E-state index contributed by atoms with van der Waals surface area (Å²) >= 11 is 0. The number of aryl methyl sites for hydroxylation is 1. The van der Waals surface area contributed by atoms with Crippen LogP contribution in [-0.2, 0) is 4.79 Å². The minimum atomic E-state index is -0.0183.